The van der Waals surface area contributed by atoms with Crippen LogP contribution in [0, 0.1) is 5.41 Å². The van der Waals surface area contributed by atoms with Crippen molar-refractivity contribution in [1.82, 2.24) is 14.9 Å². The third-order valence-corrected chi connectivity index (χ3v) is 4.47. The summed E-state index contributed by atoms with van der Waals surface area (Å²) >= 11 is 0. The number of likely N-dealkylation sites (tertiary alicyclic amines) is 1. The van der Waals surface area contributed by atoms with Crippen molar-refractivity contribution in [3.05, 3.63) is 60.4 Å². The number of nitrogens with zero attached hydrogens (tertiary/aromatic N) is 3. The van der Waals surface area contributed by atoms with Crippen molar-refractivity contribution in [2.24, 2.45) is 5.41 Å². The zero-order valence-electron chi connectivity index (χ0n) is 13.1. The molecule has 0 aromatic carbocycles. The predicted molar refractivity (Wildman–Crippen MR) is 85.8 cm³/mol. The summed E-state index contributed by atoms with van der Waals surface area (Å²) in [6.07, 6.45) is 6.78. The van der Waals surface area contributed by atoms with E-state index in [-0.39, 0.29) is 17.4 Å². The van der Waals surface area contributed by atoms with Crippen LogP contribution in [0.3, 0.4) is 0 Å². The van der Waals surface area contributed by atoms with Crippen molar-refractivity contribution in [2.75, 3.05) is 6.54 Å². The number of hydrogen-bond acceptors (Lipinski definition) is 4. The van der Waals surface area contributed by atoms with Crippen LogP contribution in [0.15, 0.2) is 53.5 Å². The molecule has 1 unspecified atom stereocenters. The molecule has 0 aliphatic carbocycles. The minimum absolute atomic E-state index is 0.00709. The maximum absolute atomic E-state index is 13.0. The van der Waals surface area contributed by atoms with Crippen LogP contribution in [-0.4, -0.2) is 27.3 Å². The second-order valence-electron chi connectivity index (χ2n) is 6.60. The van der Waals surface area contributed by atoms with Crippen LogP contribution >= 0.6 is 0 Å². The van der Waals surface area contributed by atoms with Crippen molar-refractivity contribution in [3.8, 4) is 0 Å². The van der Waals surface area contributed by atoms with Gasteiger partial charge < -0.3 is 9.32 Å². The van der Waals surface area contributed by atoms with E-state index in [4.69, 9.17) is 4.42 Å². The second kappa shape index (κ2) is 4.91. The highest BCUT2D eigenvalue weighted by atomic mass is 16.3. The van der Waals surface area contributed by atoms with Crippen molar-refractivity contribution in [1.29, 1.82) is 0 Å². The third kappa shape index (κ3) is 2.11. The lowest BCUT2D eigenvalue weighted by molar-refractivity contribution is -0.0326. The second-order valence-corrected chi connectivity index (χ2v) is 6.60. The molecule has 3 aromatic heterocycles. The first-order valence-electron chi connectivity index (χ1n) is 7.61. The summed E-state index contributed by atoms with van der Waals surface area (Å²) in [5.41, 5.74) is 2.20. The third-order valence-electron chi connectivity index (χ3n) is 4.47. The highest BCUT2D eigenvalue weighted by Gasteiger charge is 2.49. The molecule has 5 nitrogen and oxygen atoms in total. The molecule has 1 aliphatic heterocycles. The molecule has 1 aliphatic rings. The fourth-order valence-corrected chi connectivity index (χ4v) is 3.49. The first-order valence-corrected chi connectivity index (χ1v) is 7.61. The van der Waals surface area contributed by atoms with Crippen LogP contribution in [0.1, 0.15) is 35.9 Å². The number of furan rings is 1. The van der Waals surface area contributed by atoms with Gasteiger partial charge in [-0.05, 0) is 23.8 Å². The van der Waals surface area contributed by atoms with E-state index in [9.17, 15) is 4.79 Å². The molecule has 5 heteroatoms. The summed E-state index contributed by atoms with van der Waals surface area (Å²) in [5.74, 6) is -0.0646. The van der Waals surface area contributed by atoms with Crippen molar-refractivity contribution in [3.63, 3.8) is 0 Å². The number of carbonyl (C=O) groups excluding carboxylic acids is 1. The van der Waals surface area contributed by atoms with Crippen LogP contribution in [0.2, 0.25) is 0 Å². The van der Waals surface area contributed by atoms with E-state index < -0.39 is 0 Å². The van der Waals surface area contributed by atoms with Gasteiger partial charge in [-0.1, -0.05) is 19.9 Å². The van der Waals surface area contributed by atoms with Crippen LogP contribution in [-0.2, 0) is 0 Å². The first kappa shape index (κ1) is 13.9. The summed E-state index contributed by atoms with van der Waals surface area (Å²) in [6.45, 7) is 5.03. The molecule has 1 fully saturated rings. The lowest BCUT2D eigenvalue weighted by Gasteiger charge is -2.54. The lowest BCUT2D eigenvalue weighted by Crippen LogP contribution is -2.58. The van der Waals surface area contributed by atoms with Crippen LogP contribution < -0.4 is 0 Å². The van der Waals surface area contributed by atoms with E-state index in [2.05, 4.69) is 23.8 Å². The summed E-state index contributed by atoms with van der Waals surface area (Å²) in [7, 11) is 0. The molecule has 0 bridgehead atoms. The number of pyridine rings is 2. The van der Waals surface area contributed by atoms with Gasteiger partial charge in [-0.3, -0.25) is 14.8 Å². The van der Waals surface area contributed by atoms with Crippen LogP contribution in [0.5, 0.6) is 0 Å². The number of hydrogen-bond donors (Lipinski definition) is 0. The van der Waals surface area contributed by atoms with Gasteiger partial charge in [0.2, 0.25) is 0 Å². The van der Waals surface area contributed by atoms with E-state index >= 15 is 0 Å². The van der Waals surface area contributed by atoms with Crippen molar-refractivity contribution >= 4 is 16.9 Å². The average Bonchev–Trinajstić information content (AvgIpc) is 3.01. The molecular weight excluding hydrogens is 290 g/mol. The number of aromatic nitrogens is 2. The Morgan fingerprint density at radius 3 is 2.91 bits per heavy atom. The quantitative estimate of drug-likeness (QED) is 0.727. The maximum Gasteiger partial charge on any atom is 0.273 e. The Morgan fingerprint density at radius 1 is 1.30 bits per heavy atom. The van der Waals surface area contributed by atoms with Gasteiger partial charge in [-0.15, -0.1) is 0 Å². The smallest absolute Gasteiger partial charge is 0.273 e. The van der Waals surface area contributed by atoms with Gasteiger partial charge in [0.25, 0.3) is 5.91 Å². The van der Waals surface area contributed by atoms with E-state index in [1.165, 1.54) is 0 Å². The predicted octanol–water partition coefficient (Wildman–Crippen LogP) is 3.45. The van der Waals surface area contributed by atoms with Gasteiger partial charge in [-0.25, -0.2) is 0 Å². The molecule has 1 saturated heterocycles. The Hall–Kier alpha value is -2.69. The molecule has 4 rings (SSSR count). The Labute approximate surface area is 134 Å². The van der Waals surface area contributed by atoms with Gasteiger partial charge in [0.05, 0.1) is 17.7 Å². The SMILES string of the molecule is CC1(C)CN(C(=O)c2nccc3occc23)C1c1cccnc1. The molecule has 0 saturated carbocycles. The molecule has 1 amide bonds. The molecular formula is C18H17N3O2. The molecule has 23 heavy (non-hydrogen) atoms. The van der Waals surface area contributed by atoms with E-state index in [1.54, 1.807) is 30.8 Å². The lowest BCUT2D eigenvalue weighted by atomic mass is 9.72. The van der Waals surface area contributed by atoms with Gasteiger partial charge in [0.15, 0.2) is 0 Å². The Morgan fingerprint density at radius 2 is 2.17 bits per heavy atom. The summed E-state index contributed by atoms with van der Waals surface area (Å²) in [4.78, 5) is 23.4. The van der Waals surface area contributed by atoms with E-state index in [1.807, 2.05) is 23.2 Å². The summed E-state index contributed by atoms with van der Waals surface area (Å²) < 4.78 is 5.37. The minimum Gasteiger partial charge on any atom is -0.464 e. The zero-order valence-corrected chi connectivity index (χ0v) is 13.1. The van der Waals surface area contributed by atoms with Gasteiger partial charge >= 0.3 is 0 Å². The van der Waals surface area contributed by atoms with Gasteiger partial charge in [0, 0.05) is 30.6 Å². The van der Waals surface area contributed by atoms with Crippen molar-refractivity contribution < 1.29 is 9.21 Å². The van der Waals surface area contributed by atoms with Crippen molar-refractivity contribution in [2.45, 2.75) is 19.9 Å². The number of rotatable bonds is 2. The highest BCUT2D eigenvalue weighted by Crippen LogP contribution is 2.48. The Bertz CT molecular complexity index is 870. The molecule has 4 heterocycles. The fourth-order valence-electron chi connectivity index (χ4n) is 3.49. The normalized spacial score (nSPS) is 19.6. The molecule has 3 aromatic rings. The molecule has 0 radical (unpaired) electrons. The highest BCUT2D eigenvalue weighted by molar-refractivity contribution is 6.04. The molecule has 0 N–H and O–H groups in total. The van der Waals surface area contributed by atoms with Crippen LogP contribution in [0.4, 0.5) is 0 Å². The summed E-state index contributed by atoms with van der Waals surface area (Å²) in [5, 5.41) is 0.757. The minimum atomic E-state index is -0.0646. The Balaban J connectivity index is 1.73. The largest absolute Gasteiger partial charge is 0.464 e. The van der Waals surface area contributed by atoms with Gasteiger partial charge in [0.1, 0.15) is 11.3 Å². The first-order chi connectivity index (χ1) is 11.1. The molecule has 1 atom stereocenters. The van der Waals surface area contributed by atoms with Gasteiger partial charge in [-0.2, -0.15) is 0 Å². The maximum atomic E-state index is 13.0. The van der Waals surface area contributed by atoms with Crippen LogP contribution in [0.25, 0.3) is 11.0 Å². The Kier molecular flexibility index (Phi) is 2.98. The molecule has 0 spiro atoms. The summed E-state index contributed by atoms with van der Waals surface area (Å²) in [6, 6.07) is 7.49. The fraction of sp³-hybridized carbons (Fsp3) is 0.278. The average molecular weight is 307 g/mol. The molecule has 116 valence electrons. The topological polar surface area (TPSA) is 59.2 Å². The van der Waals surface area contributed by atoms with E-state index in [0.717, 1.165) is 10.9 Å². The standard InChI is InChI=1S/C18H17N3O2/c1-18(2)11-21(16(18)12-4-3-7-19-10-12)17(22)15-13-6-9-23-14(13)5-8-20-15/h3-10,16H,11H2,1-2H3. The zero-order chi connectivity index (χ0) is 16.0. The number of carbonyl (C=O) groups is 1. The number of amides is 1. The van der Waals surface area contributed by atoms with E-state index in [0.29, 0.717) is 17.8 Å². The monoisotopic (exact) mass is 307 g/mol. The number of fused-ring (bicyclic) bond motifs is 1.